The number of carbonyl (C=O) groups is 2. The zero-order valence-corrected chi connectivity index (χ0v) is 19.2. The lowest BCUT2D eigenvalue weighted by molar-refractivity contribution is -0.117. The molecule has 0 aliphatic carbocycles. The molecule has 1 aromatic heterocycles. The SMILES string of the molecule is COc1ccccc1C1C(C(=O)c2cc3cc(Cl)ccc3o2)=C(O)C(=O)N1c1ccc(C)cc1. The van der Waals surface area contributed by atoms with E-state index in [-0.39, 0.29) is 11.3 Å². The van der Waals surface area contributed by atoms with Gasteiger partial charge in [0.1, 0.15) is 11.3 Å². The molecule has 7 heteroatoms. The number of hydrogen-bond donors (Lipinski definition) is 1. The van der Waals surface area contributed by atoms with Crippen LogP contribution in [-0.2, 0) is 4.79 Å². The summed E-state index contributed by atoms with van der Waals surface area (Å²) >= 11 is 6.07. The summed E-state index contributed by atoms with van der Waals surface area (Å²) in [6.07, 6.45) is 0. The van der Waals surface area contributed by atoms with Gasteiger partial charge in [0.25, 0.3) is 5.91 Å². The van der Waals surface area contributed by atoms with Crippen molar-refractivity contribution in [1.29, 1.82) is 0 Å². The highest BCUT2D eigenvalue weighted by Gasteiger charge is 2.46. The largest absolute Gasteiger partial charge is 0.503 e. The number of ketones is 1. The number of amides is 1. The Hall–Kier alpha value is -4.03. The first kappa shape index (κ1) is 21.8. The van der Waals surface area contributed by atoms with Gasteiger partial charge in [-0.2, -0.15) is 0 Å². The molecular formula is C27H20ClNO5. The van der Waals surface area contributed by atoms with Gasteiger partial charge < -0.3 is 14.3 Å². The highest BCUT2D eigenvalue weighted by atomic mass is 35.5. The molecule has 1 amide bonds. The van der Waals surface area contributed by atoms with Crippen LogP contribution in [0.2, 0.25) is 5.02 Å². The summed E-state index contributed by atoms with van der Waals surface area (Å²) in [5.74, 6) is -1.42. The van der Waals surface area contributed by atoms with Crippen LogP contribution in [0.4, 0.5) is 5.69 Å². The first-order chi connectivity index (χ1) is 16.4. The van der Waals surface area contributed by atoms with Crippen LogP contribution in [0.1, 0.15) is 27.7 Å². The summed E-state index contributed by atoms with van der Waals surface area (Å²) in [4.78, 5) is 28.4. The third-order valence-electron chi connectivity index (χ3n) is 5.90. The van der Waals surface area contributed by atoms with E-state index in [1.807, 2.05) is 19.1 Å². The first-order valence-electron chi connectivity index (χ1n) is 10.6. The van der Waals surface area contributed by atoms with Crippen molar-refractivity contribution < 1.29 is 23.8 Å². The predicted octanol–water partition coefficient (Wildman–Crippen LogP) is 6.19. The highest BCUT2D eigenvalue weighted by Crippen LogP contribution is 2.45. The normalized spacial score (nSPS) is 15.9. The molecule has 3 aromatic carbocycles. The van der Waals surface area contributed by atoms with Crippen LogP contribution < -0.4 is 9.64 Å². The standard InChI is InChI=1S/C27H20ClNO5/c1-15-7-10-18(11-8-15)29-24(19-5-3-4-6-21(19)33-2)23(26(31)27(29)32)25(30)22-14-16-13-17(28)9-12-20(16)34-22/h3-14,24,31H,1-2H3. The summed E-state index contributed by atoms with van der Waals surface area (Å²) in [6, 6.07) is 20.0. The number of benzene rings is 3. The Bertz CT molecular complexity index is 1470. The molecule has 2 heterocycles. The van der Waals surface area contributed by atoms with Crippen LogP contribution in [0.15, 0.2) is 88.5 Å². The van der Waals surface area contributed by atoms with Crippen molar-refractivity contribution in [2.75, 3.05) is 12.0 Å². The third-order valence-corrected chi connectivity index (χ3v) is 6.14. The van der Waals surface area contributed by atoms with Crippen LogP contribution in [-0.4, -0.2) is 23.9 Å². The lowest BCUT2D eigenvalue weighted by atomic mass is 9.94. The number of Topliss-reactive ketones (excluding diaryl/α,β-unsaturated/α-hetero) is 1. The number of aliphatic hydroxyl groups excluding tert-OH is 1. The van der Waals surface area contributed by atoms with Crippen molar-refractivity contribution in [1.82, 2.24) is 0 Å². The fourth-order valence-corrected chi connectivity index (χ4v) is 4.43. The van der Waals surface area contributed by atoms with Gasteiger partial charge in [-0.3, -0.25) is 14.5 Å². The fraction of sp³-hybridized carbons (Fsp3) is 0.111. The van der Waals surface area contributed by atoms with E-state index in [9.17, 15) is 14.7 Å². The van der Waals surface area contributed by atoms with E-state index >= 15 is 0 Å². The molecule has 34 heavy (non-hydrogen) atoms. The molecular weight excluding hydrogens is 454 g/mol. The van der Waals surface area contributed by atoms with Gasteiger partial charge in [0.2, 0.25) is 5.78 Å². The smallest absolute Gasteiger partial charge is 0.294 e. The molecule has 0 saturated heterocycles. The maximum atomic E-state index is 13.7. The second-order valence-corrected chi connectivity index (χ2v) is 8.48. The summed E-state index contributed by atoms with van der Waals surface area (Å²) < 4.78 is 11.3. The molecule has 1 unspecified atom stereocenters. The molecule has 5 rings (SSSR count). The van der Waals surface area contributed by atoms with E-state index < -0.39 is 23.5 Å². The lowest BCUT2D eigenvalue weighted by Crippen LogP contribution is -2.31. The van der Waals surface area contributed by atoms with E-state index in [1.165, 1.54) is 12.0 Å². The topological polar surface area (TPSA) is 80.0 Å². The number of aryl methyl sites for hydroxylation is 1. The number of nitrogens with zero attached hydrogens (tertiary/aromatic N) is 1. The Kier molecular flexibility index (Phi) is 5.38. The molecule has 1 aliphatic rings. The van der Waals surface area contributed by atoms with Crippen molar-refractivity contribution in [3.63, 3.8) is 0 Å². The Labute approximate surface area is 200 Å². The minimum atomic E-state index is -0.921. The minimum Gasteiger partial charge on any atom is -0.503 e. The third kappa shape index (κ3) is 3.53. The van der Waals surface area contributed by atoms with Gasteiger partial charge in [0.05, 0.1) is 18.7 Å². The Morgan fingerprint density at radius 2 is 1.79 bits per heavy atom. The number of aliphatic hydroxyl groups is 1. The second kappa shape index (κ2) is 8.39. The second-order valence-electron chi connectivity index (χ2n) is 8.04. The molecule has 6 nitrogen and oxygen atoms in total. The van der Waals surface area contributed by atoms with E-state index in [2.05, 4.69) is 0 Å². The molecule has 0 bridgehead atoms. The molecule has 0 spiro atoms. The summed E-state index contributed by atoms with van der Waals surface area (Å²) in [5, 5.41) is 12.1. The van der Waals surface area contributed by atoms with Crippen molar-refractivity contribution in [2.45, 2.75) is 13.0 Å². The number of fused-ring (bicyclic) bond motifs is 1. The number of methoxy groups -OCH3 is 1. The Morgan fingerprint density at radius 3 is 2.53 bits per heavy atom. The molecule has 1 aliphatic heterocycles. The fourth-order valence-electron chi connectivity index (χ4n) is 4.25. The van der Waals surface area contributed by atoms with Gasteiger partial charge in [0, 0.05) is 21.7 Å². The van der Waals surface area contributed by atoms with Crippen molar-refractivity contribution >= 4 is 39.9 Å². The van der Waals surface area contributed by atoms with Crippen LogP contribution >= 0.6 is 11.6 Å². The van der Waals surface area contributed by atoms with E-state index in [1.54, 1.807) is 60.7 Å². The Morgan fingerprint density at radius 1 is 1.06 bits per heavy atom. The van der Waals surface area contributed by atoms with Crippen LogP contribution in [0.3, 0.4) is 0 Å². The van der Waals surface area contributed by atoms with E-state index in [0.29, 0.717) is 33.0 Å². The summed E-state index contributed by atoms with van der Waals surface area (Å²) in [5.41, 5.74) is 2.50. The number of anilines is 1. The van der Waals surface area contributed by atoms with Crippen LogP contribution in [0.25, 0.3) is 11.0 Å². The van der Waals surface area contributed by atoms with Gasteiger partial charge in [0.15, 0.2) is 11.5 Å². The number of carbonyl (C=O) groups excluding carboxylic acids is 2. The number of furan rings is 1. The van der Waals surface area contributed by atoms with Gasteiger partial charge in [-0.05, 0) is 49.4 Å². The zero-order valence-electron chi connectivity index (χ0n) is 18.4. The van der Waals surface area contributed by atoms with Gasteiger partial charge in [-0.15, -0.1) is 0 Å². The number of para-hydroxylation sites is 1. The average molecular weight is 474 g/mol. The number of ether oxygens (including phenoxy) is 1. The van der Waals surface area contributed by atoms with E-state index in [4.69, 9.17) is 20.8 Å². The molecule has 4 aromatic rings. The summed E-state index contributed by atoms with van der Waals surface area (Å²) in [6.45, 7) is 1.94. The molecule has 1 N–H and O–H groups in total. The van der Waals surface area contributed by atoms with Crippen molar-refractivity contribution in [3.8, 4) is 5.75 Å². The molecule has 0 fully saturated rings. The minimum absolute atomic E-state index is 0.00253. The first-order valence-corrected chi connectivity index (χ1v) is 11.0. The van der Waals surface area contributed by atoms with Gasteiger partial charge >= 0.3 is 0 Å². The lowest BCUT2D eigenvalue weighted by Gasteiger charge is -2.28. The molecule has 1 atom stereocenters. The highest BCUT2D eigenvalue weighted by molar-refractivity contribution is 6.31. The average Bonchev–Trinajstić information content (AvgIpc) is 3.37. The number of hydrogen-bond acceptors (Lipinski definition) is 5. The van der Waals surface area contributed by atoms with Gasteiger partial charge in [-0.1, -0.05) is 47.5 Å². The maximum Gasteiger partial charge on any atom is 0.294 e. The van der Waals surface area contributed by atoms with Crippen LogP contribution in [0.5, 0.6) is 5.75 Å². The molecule has 0 saturated carbocycles. The predicted molar refractivity (Wildman–Crippen MR) is 130 cm³/mol. The van der Waals surface area contributed by atoms with Crippen LogP contribution in [0, 0.1) is 6.92 Å². The maximum absolute atomic E-state index is 13.7. The van der Waals surface area contributed by atoms with Crippen molar-refractivity contribution in [2.24, 2.45) is 0 Å². The van der Waals surface area contributed by atoms with Gasteiger partial charge in [-0.25, -0.2) is 0 Å². The molecule has 170 valence electrons. The monoisotopic (exact) mass is 473 g/mol. The summed E-state index contributed by atoms with van der Waals surface area (Å²) in [7, 11) is 1.51. The number of rotatable bonds is 5. The molecule has 0 radical (unpaired) electrons. The van der Waals surface area contributed by atoms with E-state index in [0.717, 1.165) is 5.56 Å². The number of halogens is 1. The quantitative estimate of drug-likeness (QED) is 0.350. The zero-order chi connectivity index (χ0) is 24.0. The van der Waals surface area contributed by atoms with Crippen molar-refractivity contribution in [3.05, 3.63) is 106 Å². The Balaban J connectivity index is 1.69.